The molecule has 0 fully saturated rings. The van der Waals surface area contributed by atoms with Crippen LogP contribution in [0, 0.1) is 18.3 Å². The predicted molar refractivity (Wildman–Crippen MR) is 82.7 cm³/mol. The highest BCUT2D eigenvalue weighted by atomic mass is 15.1. The molecular formula is C18H15N3. The molecule has 0 aliphatic carbocycles. The third-order valence-corrected chi connectivity index (χ3v) is 3.56. The average Bonchev–Trinajstić information content (AvgIpc) is 2.98. The second-order valence-corrected chi connectivity index (χ2v) is 5.00. The second kappa shape index (κ2) is 5.64. The smallest absolute Gasteiger partial charge is 0.140 e. The molecule has 0 N–H and O–H groups in total. The monoisotopic (exact) mass is 273 g/mol. The van der Waals surface area contributed by atoms with Gasteiger partial charge in [-0.2, -0.15) is 5.26 Å². The van der Waals surface area contributed by atoms with Crippen molar-refractivity contribution in [3.63, 3.8) is 0 Å². The molecule has 0 bridgehead atoms. The van der Waals surface area contributed by atoms with Gasteiger partial charge in [0.05, 0.1) is 11.6 Å². The highest BCUT2D eigenvalue weighted by molar-refractivity contribution is 5.55. The van der Waals surface area contributed by atoms with Crippen molar-refractivity contribution in [1.82, 2.24) is 9.55 Å². The Morgan fingerprint density at radius 3 is 2.67 bits per heavy atom. The number of rotatable bonds is 3. The van der Waals surface area contributed by atoms with E-state index in [0.717, 1.165) is 23.5 Å². The van der Waals surface area contributed by atoms with Crippen LogP contribution in [0.4, 0.5) is 0 Å². The van der Waals surface area contributed by atoms with Crippen LogP contribution in [0.2, 0.25) is 0 Å². The van der Waals surface area contributed by atoms with Gasteiger partial charge >= 0.3 is 0 Å². The van der Waals surface area contributed by atoms with E-state index >= 15 is 0 Å². The first kappa shape index (κ1) is 13.1. The Bertz CT molecular complexity index is 795. The number of nitriles is 1. The normalized spacial score (nSPS) is 10.3. The minimum atomic E-state index is 0.699. The van der Waals surface area contributed by atoms with Gasteiger partial charge in [-0.15, -0.1) is 0 Å². The number of aromatic nitrogens is 2. The topological polar surface area (TPSA) is 41.6 Å². The van der Waals surface area contributed by atoms with Gasteiger partial charge in [0.15, 0.2) is 0 Å². The molecule has 0 saturated heterocycles. The van der Waals surface area contributed by atoms with Gasteiger partial charge in [0, 0.05) is 24.5 Å². The summed E-state index contributed by atoms with van der Waals surface area (Å²) >= 11 is 0. The van der Waals surface area contributed by atoms with Crippen molar-refractivity contribution in [3.05, 3.63) is 77.6 Å². The van der Waals surface area contributed by atoms with Crippen molar-refractivity contribution in [1.29, 1.82) is 5.26 Å². The Morgan fingerprint density at radius 1 is 1.14 bits per heavy atom. The van der Waals surface area contributed by atoms with Crippen LogP contribution < -0.4 is 0 Å². The summed E-state index contributed by atoms with van der Waals surface area (Å²) in [6, 6.07) is 18.1. The number of benzene rings is 2. The fourth-order valence-electron chi connectivity index (χ4n) is 2.41. The van der Waals surface area contributed by atoms with Crippen molar-refractivity contribution in [3.8, 4) is 17.5 Å². The van der Waals surface area contributed by atoms with Crippen molar-refractivity contribution < 1.29 is 0 Å². The third kappa shape index (κ3) is 2.70. The van der Waals surface area contributed by atoms with Crippen molar-refractivity contribution in [2.45, 2.75) is 13.5 Å². The molecule has 0 aliphatic rings. The van der Waals surface area contributed by atoms with Crippen LogP contribution in [0.1, 0.15) is 16.7 Å². The lowest BCUT2D eigenvalue weighted by Gasteiger charge is -2.10. The number of imidazole rings is 1. The highest BCUT2D eigenvalue weighted by Gasteiger charge is 2.07. The largest absolute Gasteiger partial charge is 0.327 e. The Kier molecular flexibility index (Phi) is 3.53. The second-order valence-electron chi connectivity index (χ2n) is 5.00. The minimum absolute atomic E-state index is 0.699. The van der Waals surface area contributed by atoms with Gasteiger partial charge in [0.25, 0.3) is 0 Å². The standard InChI is InChI=1S/C18H15N3/c1-14-11-15(12-19)7-8-17(14)13-21-10-9-20-18(21)16-5-3-2-4-6-16/h2-11H,13H2,1H3. The summed E-state index contributed by atoms with van der Waals surface area (Å²) < 4.78 is 2.13. The summed E-state index contributed by atoms with van der Waals surface area (Å²) in [5.41, 5.74) is 4.13. The molecule has 3 rings (SSSR count). The molecule has 3 nitrogen and oxygen atoms in total. The SMILES string of the molecule is Cc1cc(C#N)ccc1Cn1ccnc1-c1ccccc1. The van der Waals surface area contributed by atoms with Crippen LogP contribution in [0.25, 0.3) is 11.4 Å². The van der Waals surface area contributed by atoms with E-state index in [-0.39, 0.29) is 0 Å². The zero-order chi connectivity index (χ0) is 14.7. The molecule has 3 aromatic rings. The molecule has 2 aromatic carbocycles. The van der Waals surface area contributed by atoms with E-state index < -0.39 is 0 Å². The van der Waals surface area contributed by atoms with Crippen LogP contribution in [0.3, 0.4) is 0 Å². The van der Waals surface area contributed by atoms with Crippen molar-refractivity contribution in [2.24, 2.45) is 0 Å². The molecule has 0 unspecified atom stereocenters. The Balaban J connectivity index is 1.94. The molecular weight excluding hydrogens is 258 g/mol. The van der Waals surface area contributed by atoms with E-state index in [2.05, 4.69) is 27.8 Å². The highest BCUT2D eigenvalue weighted by Crippen LogP contribution is 2.19. The lowest BCUT2D eigenvalue weighted by atomic mass is 10.1. The summed E-state index contributed by atoms with van der Waals surface area (Å²) in [6.07, 6.45) is 3.81. The van der Waals surface area contributed by atoms with E-state index in [1.165, 1.54) is 5.56 Å². The van der Waals surface area contributed by atoms with Crippen molar-refractivity contribution >= 4 is 0 Å². The van der Waals surface area contributed by atoms with Gasteiger partial charge in [-0.3, -0.25) is 0 Å². The average molecular weight is 273 g/mol. The van der Waals surface area contributed by atoms with E-state index in [0.29, 0.717) is 5.56 Å². The van der Waals surface area contributed by atoms with Crippen LogP contribution in [-0.2, 0) is 6.54 Å². The van der Waals surface area contributed by atoms with E-state index in [4.69, 9.17) is 5.26 Å². The maximum Gasteiger partial charge on any atom is 0.140 e. The van der Waals surface area contributed by atoms with E-state index in [1.54, 1.807) is 0 Å². The number of aryl methyl sites for hydroxylation is 1. The van der Waals surface area contributed by atoms with E-state index in [9.17, 15) is 0 Å². The van der Waals surface area contributed by atoms with E-state index in [1.807, 2.05) is 55.7 Å². The predicted octanol–water partition coefficient (Wildman–Crippen LogP) is 3.78. The van der Waals surface area contributed by atoms with Crippen LogP contribution >= 0.6 is 0 Å². The molecule has 1 heterocycles. The van der Waals surface area contributed by atoms with Gasteiger partial charge in [0.2, 0.25) is 0 Å². The third-order valence-electron chi connectivity index (χ3n) is 3.56. The van der Waals surface area contributed by atoms with Gasteiger partial charge in [-0.1, -0.05) is 36.4 Å². The molecule has 3 heteroatoms. The number of hydrogen-bond donors (Lipinski definition) is 0. The zero-order valence-electron chi connectivity index (χ0n) is 11.8. The fourth-order valence-corrected chi connectivity index (χ4v) is 2.41. The molecule has 21 heavy (non-hydrogen) atoms. The molecule has 0 saturated carbocycles. The lowest BCUT2D eigenvalue weighted by molar-refractivity contribution is 0.801. The lowest BCUT2D eigenvalue weighted by Crippen LogP contribution is -2.03. The summed E-state index contributed by atoms with van der Waals surface area (Å²) in [6.45, 7) is 2.79. The molecule has 0 aliphatic heterocycles. The van der Waals surface area contributed by atoms with Crippen LogP contribution in [-0.4, -0.2) is 9.55 Å². The molecule has 0 atom stereocenters. The first-order valence-electron chi connectivity index (χ1n) is 6.84. The van der Waals surface area contributed by atoms with Gasteiger partial charge in [-0.05, 0) is 30.2 Å². The summed E-state index contributed by atoms with van der Waals surface area (Å²) in [7, 11) is 0. The summed E-state index contributed by atoms with van der Waals surface area (Å²) in [4.78, 5) is 4.46. The fraction of sp³-hybridized carbons (Fsp3) is 0.111. The molecule has 0 spiro atoms. The molecule has 0 amide bonds. The van der Waals surface area contributed by atoms with Gasteiger partial charge in [0.1, 0.15) is 5.82 Å². The molecule has 102 valence electrons. The van der Waals surface area contributed by atoms with Gasteiger partial charge in [-0.25, -0.2) is 4.98 Å². The number of nitrogens with zero attached hydrogens (tertiary/aromatic N) is 3. The Hall–Kier alpha value is -2.86. The van der Waals surface area contributed by atoms with Crippen molar-refractivity contribution in [2.75, 3.05) is 0 Å². The summed E-state index contributed by atoms with van der Waals surface area (Å²) in [5, 5.41) is 8.94. The van der Waals surface area contributed by atoms with Gasteiger partial charge < -0.3 is 4.57 Å². The Morgan fingerprint density at radius 2 is 1.95 bits per heavy atom. The Labute approximate surface area is 124 Å². The zero-order valence-corrected chi connectivity index (χ0v) is 11.8. The maximum atomic E-state index is 8.94. The first-order valence-corrected chi connectivity index (χ1v) is 6.84. The molecule has 0 radical (unpaired) electrons. The maximum absolute atomic E-state index is 8.94. The first-order chi connectivity index (χ1) is 10.3. The minimum Gasteiger partial charge on any atom is -0.327 e. The molecule has 1 aromatic heterocycles. The number of hydrogen-bond acceptors (Lipinski definition) is 2. The summed E-state index contributed by atoms with van der Waals surface area (Å²) in [5.74, 6) is 0.958. The quantitative estimate of drug-likeness (QED) is 0.728. The van der Waals surface area contributed by atoms with Crippen LogP contribution in [0.5, 0.6) is 0 Å². The van der Waals surface area contributed by atoms with Crippen LogP contribution in [0.15, 0.2) is 60.9 Å².